The average molecular weight is 483 g/mol. The number of aromatic hydroxyl groups is 1. The van der Waals surface area contributed by atoms with E-state index in [1.54, 1.807) is 24.3 Å². The standard InChI is InChI=1S/C23H16BrFN2O4/c24-13-6-11-18(28)17(12-13)20-19-21(31-27(20)16-4-2-1-3-5-16)23(30)26(22(19)29)15-9-7-14(25)8-10-15/h1-12,19-21,28H. The Hall–Kier alpha value is -3.23. The van der Waals surface area contributed by atoms with E-state index in [-0.39, 0.29) is 11.4 Å². The molecule has 31 heavy (non-hydrogen) atoms. The number of phenolic OH excluding ortho intramolecular Hbond substituents is 1. The van der Waals surface area contributed by atoms with Crippen LogP contribution < -0.4 is 9.96 Å². The smallest absolute Gasteiger partial charge is 0.266 e. The molecule has 2 saturated heterocycles. The highest BCUT2D eigenvalue weighted by Crippen LogP contribution is 2.49. The van der Waals surface area contributed by atoms with Gasteiger partial charge in [0.05, 0.1) is 17.4 Å². The van der Waals surface area contributed by atoms with Gasteiger partial charge in [-0.3, -0.25) is 14.4 Å². The predicted molar refractivity (Wildman–Crippen MR) is 115 cm³/mol. The fourth-order valence-electron chi connectivity index (χ4n) is 4.14. The number of imide groups is 1. The molecule has 2 amide bonds. The van der Waals surface area contributed by atoms with E-state index in [9.17, 15) is 19.1 Å². The summed E-state index contributed by atoms with van der Waals surface area (Å²) in [6.07, 6.45) is -1.07. The highest BCUT2D eigenvalue weighted by atomic mass is 79.9. The molecule has 1 N–H and O–H groups in total. The van der Waals surface area contributed by atoms with Crippen molar-refractivity contribution in [3.05, 3.63) is 88.6 Å². The third-order valence-corrected chi connectivity index (χ3v) is 6.01. The highest BCUT2D eigenvalue weighted by molar-refractivity contribution is 9.10. The molecule has 5 rings (SSSR count). The van der Waals surface area contributed by atoms with Crippen molar-refractivity contribution in [3.8, 4) is 5.75 Å². The Morgan fingerprint density at radius 1 is 0.903 bits per heavy atom. The molecule has 156 valence electrons. The number of hydrogen-bond acceptors (Lipinski definition) is 5. The number of phenols is 1. The van der Waals surface area contributed by atoms with Gasteiger partial charge in [-0.05, 0) is 54.6 Å². The van der Waals surface area contributed by atoms with Gasteiger partial charge in [0.2, 0.25) is 5.91 Å². The molecule has 8 heteroatoms. The molecular formula is C23H16BrFN2O4. The third-order valence-electron chi connectivity index (χ3n) is 5.52. The topological polar surface area (TPSA) is 70.1 Å². The maximum Gasteiger partial charge on any atom is 0.266 e. The molecule has 2 aliphatic rings. The highest BCUT2D eigenvalue weighted by Gasteiger charge is 2.60. The Bertz CT molecular complexity index is 1170. The second-order valence-electron chi connectivity index (χ2n) is 7.35. The third kappa shape index (κ3) is 3.19. The minimum atomic E-state index is -1.07. The molecule has 3 atom stereocenters. The Labute approximate surface area is 185 Å². The normalized spacial score (nSPS) is 22.8. The van der Waals surface area contributed by atoms with Crippen LogP contribution in [0.1, 0.15) is 11.6 Å². The summed E-state index contributed by atoms with van der Waals surface area (Å²) in [4.78, 5) is 33.7. The molecule has 0 aliphatic carbocycles. The lowest BCUT2D eigenvalue weighted by Crippen LogP contribution is -2.37. The molecule has 0 aromatic heterocycles. The van der Waals surface area contributed by atoms with E-state index in [1.165, 1.54) is 35.4 Å². The van der Waals surface area contributed by atoms with Crippen molar-refractivity contribution in [2.45, 2.75) is 12.1 Å². The van der Waals surface area contributed by atoms with Crippen LogP contribution in [0.4, 0.5) is 15.8 Å². The molecule has 0 spiro atoms. The molecule has 3 aromatic carbocycles. The number of halogens is 2. The van der Waals surface area contributed by atoms with Crippen LogP contribution in [0.25, 0.3) is 0 Å². The Morgan fingerprint density at radius 2 is 1.61 bits per heavy atom. The summed E-state index contributed by atoms with van der Waals surface area (Å²) in [6, 6.07) is 18.4. The van der Waals surface area contributed by atoms with Crippen LogP contribution >= 0.6 is 15.9 Å². The van der Waals surface area contributed by atoms with Crippen LogP contribution in [0.2, 0.25) is 0 Å². The van der Waals surface area contributed by atoms with Crippen LogP contribution in [-0.4, -0.2) is 23.0 Å². The number of fused-ring (bicyclic) bond motifs is 1. The SMILES string of the molecule is O=C1C2ON(c3ccccc3)C(c3cc(Br)ccc3O)C2C(=O)N1c1ccc(F)cc1. The van der Waals surface area contributed by atoms with Gasteiger partial charge < -0.3 is 5.11 Å². The fraction of sp³-hybridized carbons (Fsp3) is 0.130. The number of benzene rings is 3. The van der Waals surface area contributed by atoms with Crippen LogP contribution in [0.5, 0.6) is 5.75 Å². The van der Waals surface area contributed by atoms with Gasteiger partial charge in [0.15, 0.2) is 6.10 Å². The van der Waals surface area contributed by atoms with Crippen molar-refractivity contribution in [2.24, 2.45) is 5.92 Å². The average Bonchev–Trinajstić information content (AvgIpc) is 3.28. The van der Waals surface area contributed by atoms with E-state index in [0.29, 0.717) is 15.7 Å². The number of nitrogens with zero attached hydrogens (tertiary/aromatic N) is 2. The lowest BCUT2D eigenvalue weighted by Gasteiger charge is -2.29. The first kappa shape index (κ1) is 19.7. The van der Waals surface area contributed by atoms with Crippen LogP contribution in [0, 0.1) is 11.7 Å². The molecule has 2 heterocycles. The summed E-state index contributed by atoms with van der Waals surface area (Å²) in [6.45, 7) is 0. The van der Waals surface area contributed by atoms with E-state index in [0.717, 1.165) is 4.90 Å². The summed E-state index contributed by atoms with van der Waals surface area (Å²) in [5, 5.41) is 12.1. The quantitative estimate of drug-likeness (QED) is 0.562. The number of anilines is 2. The predicted octanol–water partition coefficient (Wildman–Crippen LogP) is 4.34. The lowest BCUT2D eigenvalue weighted by atomic mass is 9.90. The molecular weight excluding hydrogens is 467 g/mol. The van der Waals surface area contributed by atoms with E-state index in [4.69, 9.17) is 4.84 Å². The van der Waals surface area contributed by atoms with Crippen molar-refractivity contribution >= 4 is 39.1 Å². The monoisotopic (exact) mass is 482 g/mol. The summed E-state index contributed by atoms with van der Waals surface area (Å²) < 4.78 is 14.1. The number of carbonyl (C=O) groups excluding carboxylic acids is 2. The van der Waals surface area contributed by atoms with Gasteiger partial charge in [-0.1, -0.05) is 34.1 Å². The largest absolute Gasteiger partial charge is 0.508 e. The number of hydroxylamine groups is 1. The minimum Gasteiger partial charge on any atom is -0.508 e. The van der Waals surface area contributed by atoms with E-state index in [1.807, 2.05) is 18.2 Å². The fourth-order valence-corrected chi connectivity index (χ4v) is 4.51. The lowest BCUT2D eigenvalue weighted by molar-refractivity contribution is -0.126. The zero-order valence-electron chi connectivity index (χ0n) is 16.0. The summed E-state index contributed by atoms with van der Waals surface area (Å²) in [5.41, 5.74) is 1.38. The second kappa shape index (κ2) is 7.47. The zero-order chi connectivity index (χ0) is 21.7. The Morgan fingerprint density at radius 3 is 2.32 bits per heavy atom. The number of carbonyl (C=O) groups is 2. The first-order valence-electron chi connectivity index (χ1n) is 9.58. The van der Waals surface area contributed by atoms with E-state index < -0.39 is 35.7 Å². The molecule has 2 aliphatic heterocycles. The van der Waals surface area contributed by atoms with E-state index >= 15 is 0 Å². The van der Waals surface area contributed by atoms with Crippen molar-refractivity contribution in [2.75, 3.05) is 9.96 Å². The maximum atomic E-state index is 13.5. The van der Waals surface area contributed by atoms with Crippen molar-refractivity contribution in [3.63, 3.8) is 0 Å². The van der Waals surface area contributed by atoms with Crippen molar-refractivity contribution < 1.29 is 23.9 Å². The van der Waals surface area contributed by atoms with Gasteiger partial charge in [-0.25, -0.2) is 14.4 Å². The molecule has 6 nitrogen and oxygen atoms in total. The van der Waals surface area contributed by atoms with Crippen molar-refractivity contribution in [1.29, 1.82) is 0 Å². The molecule has 0 radical (unpaired) electrons. The molecule has 3 aromatic rings. The second-order valence-corrected chi connectivity index (χ2v) is 8.27. The number of hydrogen-bond donors (Lipinski definition) is 1. The maximum absolute atomic E-state index is 13.5. The molecule has 3 unspecified atom stereocenters. The molecule has 2 fully saturated rings. The van der Waals surface area contributed by atoms with Gasteiger partial charge in [0.1, 0.15) is 17.5 Å². The van der Waals surface area contributed by atoms with Gasteiger partial charge in [-0.15, -0.1) is 0 Å². The van der Waals surface area contributed by atoms with E-state index in [2.05, 4.69) is 15.9 Å². The molecule has 0 saturated carbocycles. The van der Waals surface area contributed by atoms with Gasteiger partial charge in [0.25, 0.3) is 5.91 Å². The number of amides is 2. The summed E-state index contributed by atoms with van der Waals surface area (Å²) >= 11 is 3.41. The first-order valence-corrected chi connectivity index (χ1v) is 10.4. The van der Waals surface area contributed by atoms with Crippen LogP contribution in [-0.2, 0) is 14.4 Å². The van der Waals surface area contributed by atoms with Gasteiger partial charge in [0, 0.05) is 10.0 Å². The van der Waals surface area contributed by atoms with Crippen molar-refractivity contribution in [1.82, 2.24) is 0 Å². The Kier molecular flexibility index (Phi) is 4.75. The summed E-state index contributed by atoms with van der Waals surface area (Å²) in [7, 11) is 0. The number of para-hydroxylation sites is 1. The summed E-state index contributed by atoms with van der Waals surface area (Å²) in [5.74, 6) is -2.37. The number of rotatable bonds is 3. The Balaban J connectivity index is 1.62. The first-order chi connectivity index (χ1) is 15.0. The van der Waals surface area contributed by atoms with Gasteiger partial charge >= 0.3 is 0 Å². The van der Waals surface area contributed by atoms with Crippen LogP contribution in [0.3, 0.4) is 0 Å². The zero-order valence-corrected chi connectivity index (χ0v) is 17.6. The molecule has 0 bridgehead atoms. The van der Waals surface area contributed by atoms with Gasteiger partial charge in [-0.2, -0.15) is 0 Å². The van der Waals surface area contributed by atoms with Crippen LogP contribution in [0.15, 0.2) is 77.3 Å². The minimum absolute atomic E-state index is 0.0149.